The maximum Gasteiger partial charge on any atom is 0.119 e. The fourth-order valence-electron chi connectivity index (χ4n) is 0.928. The van der Waals surface area contributed by atoms with E-state index in [4.69, 9.17) is 0 Å². The van der Waals surface area contributed by atoms with Crippen molar-refractivity contribution in [2.75, 3.05) is 0 Å². The molecular weight excluding hydrogens is 136 g/mol. The third kappa shape index (κ3) is 2.11. The smallest absolute Gasteiger partial charge is 0.119 e. The zero-order chi connectivity index (χ0) is 8.10. The van der Waals surface area contributed by atoms with Gasteiger partial charge >= 0.3 is 0 Å². The fourth-order valence-corrected chi connectivity index (χ4v) is 0.928. The predicted molar refractivity (Wildman–Crippen MR) is 46.6 cm³/mol. The monoisotopic (exact) mass is 148 g/mol. The summed E-state index contributed by atoms with van der Waals surface area (Å²) in [5.74, 6) is 0.380. The second-order valence-corrected chi connectivity index (χ2v) is 2.40. The van der Waals surface area contributed by atoms with E-state index in [0.29, 0.717) is 5.75 Å². The topological polar surface area (TPSA) is 20.2 Å². The summed E-state index contributed by atoms with van der Waals surface area (Å²) in [5.41, 5.74) is 0.977. The quantitative estimate of drug-likeness (QED) is 0.639. The molecule has 0 unspecified atom stereocenters. The van der Waals surface area contributed by atoms with Gasteiger partial charge in [-0.2, -0.15) is 0 Å². The first-order valence-electron chi connectivity index (χ1n) is 3.72. The van der Waals surface area contributed by atoms with E-state index in [1.807, 2.05) is 37.3 Å². The highest BCUT2D eigenvalue weighted by atomic mass is 16.3. The van der Waals surface area contributed by atoms with Gasteiger partial charge in [-0.3, -0.25) is 0 Å². The zero-order valence-corrected chi connectivity index (χ0v) is 6.62. The molecule has 0 aromatic heterocycles. The van der Waals surface area contributed by atoms with Gasteiger partial charge in [-0.15, -0.1) is 0 Å². The number of phenols is 1. The van der Waals surface area contributed by atoms with Gasteiger partial charge in [0.15, 0.2) is 0 Å². The zero-order valence-electron chi connectivity index (χ0n) is 6.62. The van der Waals surface area contributed by atoms with Gasteiger partial charge in [0.25, 0.3) is 0 Å². The van der Waals surface area contributed by atoms with E-state index in [9.17, 15) is 5.11 Å². The Balaban J connectivity index is 2.77. The normalized spacial score (nSPS) is 10.6. The summed E-state index contributed by atoms with van der Waals surface area (Å²) in [5, 5.41) is 9.30. The summed E-state index contributed by atoms with van der Waals surface area (Å²) < 4.78 is 0. The number of aromatic hydroxyl groups is 1. The highest BCUT2D eigenvalue weighted by molar-refractivity contribution is 5.33. The van der Waals surface area contributed by atoms with Gasteiger partial charge in [-0.1, -0.05) is 30.4 Å². The van der Waals surface area contributed by atoms with Crippen LogP contribution in [0.15, 0.2) is 36.4 Å². The van der Waals surface area contributed by atoms with Crippen molar-refractivity contribution in [3.63, 3.8) is 0 Å². The summed E-state index contributed by atoms with van der Waals surface area (Å²) >= 11 is 0. The van der Waals surface area contributed by atoms with Crippen LogP contribution in [0.4, 0.5) is 0 Å². The van der Waals surface area contributed by atoms with E-state index in [-0.39, 0.29) is 0 Å². The third-order valence-corrected chi connectivity index (χ3v) is 1.57. The average molecular weight is 148 g/mol. The van der Waals surface area contributed by atoms with Crippen LogP contribution in [0.2, 0.25) is 0 Å². The van der Waals surface area contributed by atoms with E-state index in [1.54, 1.807) is 6.07 Å². The molecule has 1 aromatic carbocycles. The molecular formula is C10H12O. The van der Waals surface area contributed by atoms with Gasteiger partial charge in [-0.05, 0) is 25.0 Å². The van der Waals surface area contributed by atoms with Gasteiger partial charge in [0.2, 0.25) is 0 Å². The van der Waals surface area contributed by atoms with Crippen LogP contribution in [0.25, 0.3) is 0 Å². The van der Waals surface area contributed by atoms with Gasteiger partial charge < -0.3 is 5.11 Å². The molecule has 0 fully saturated rings. The summed E-state index contributed by atoms with van der Waals surface area (Å²) in [6, 6.07) is 7.39. The Kier molecular flexibility index (Phi) is 2.73. The van der Waals surface area contributed by atoms with Crippen molar-refractivity contribution in [3.8, 4) is 5.75 Å². The molecule has 0 aliphatic rings. The minimum absolute atomic E-state index is 0.380. The highest BCUT2D eigenvalue weighted by Gasteiger charge is 1.94. The van der Waals surface area contributed by atoms with Gasteiger partial charge in [-0.25, -0.2) is 0 Å². The molecule has 1 N–H and O–H groups in total. The molecule has 1 heteroatoms. The van der Waals surface area contributed by atoms with Crippen molar-refractivity contribution in [2.24, 2.45) is 0 Å². The van der Waals surface area contributed by atoms with Crippen molar-refractivity contribution < 1.29 is 5.11 Å². The van der Waals surface area contributed by atoms with Crippen molar-refractivity contribution in [1.82, 2.24) is 0 Å². The van der Waals surface area contributed by atoms with Crippen LogP contribution in [0.3, 0.4) is 0 Å². The molecule has 0 aliphatic carbocycles. The van der Waals surface area contributed by atoms with Crippen LogP contribution in [0.5, 0.6) is 5.75 Å². The van der Waals surface area contributed by atoms with E-state index >= 15 is 0 Å². The molecule has 0 bridgehead atoms. The van der Waals surface area contributed by atoms with Crippen LogP contribution < -0.4 is 0 Å². The van der Waals surface area contributed by atoms with Crippen LogP contribution in [-0.4, -0.2) is 5.11 Å². The maximum atomic E-state index is 9.30. The van der Waals surface area contributed by atoms with E-state index < -0.39 is 0 Å². The lowest BCUT2D eigenvalue weighted by molar-refractivity contribution is 0.470. The summed E-state index contributed by atoms with van der Waals surface area (Å²) in [6.07, 6.45) is 4.81. The largest absolute Gasteiger partial charge is 0.508 e. The average Bonchev–Trinajstić information content (AvgIpc) is 2.03. The van der Waals surface area contributed by atoms with Crippen molar-refractivity contribution >= 4 is 0 Å². The molecule has 1 nitrogen and oxygen atoms in total. The van der Waals surface area contributed by atoms with Crippen LogP contribution in [0.1, 0.15) is 12.5 Å². The summed E-state index contributed by atoms with van der Waals surface area (Å²) in [4.78, 5) is 0. The number of hydrogen-bond donors (Lipinski definition) is 1. The number of para-hydroxylation sites is 1. The second-order valence-electron chi connectivity index (χ2n) is 2.40. The Morgan fingerprint density at radius 2 is 2.09 bits per heavy atom. The highest BCUT2D eigenvalue weighted by Crippen LogP contribution is 2.15. The number of phenolic OH excluding ortho intramolecular Hbond substituents is 1. The predicted octanol–water partition coefficient (Wildman–Crippen LogP) is 2.51. The van der Waals surface area contributed by atoms with Gasteiger partial charge in [0.1, 0.15) is 5.75 Å². The number of rotatable bonds is 2. The second kappa shape index (κ2) is 3.81. The molecule has 0 aliphatic heterocycles. The molecule has 1 aromatic rings. The lowest BCUT2D eigenvalue weighted by atomic mass is 10.1. The van der Waals surface area contributed by atoms with Crippen molar-refractivity contribution in [3.05, 3.63) is 42.0 Å². The molecule has 0 spiro atoms. The third-order valence-electron chi connectivity index (χ3n) is 1.57. The Morgan fingerprint density at radius 1 is 1.36 bits per heavy atom. The van der Waals surface area contributed by atoms with Crippen LogP contribution in [-0.2, 0) is 6.42 Å². The molecule has 58 valence electrons. The maximum absolute atomic E-state index is 9.30. The van der Waals surface area contributed by atoms with E-state index in [1.165, 1.54) is 0 Å². The summed E-state index contributed by atoms with van der Waals surface area (Å²) in [7, 11) is 0. The molecule has 0 amide bonds. The Morgan fingerprint density at radius 3 is 2.73 bits per heavy atom. The van der Waals surface area contributed by atoms with Crippen LogP contribution in [0, 0.1) is 0 Å². The molecule has 0 radical (unpaired) electrons. The van der Waals surface area contributed by atoms with Crippen molar-refractivity contribution in [1.29, 1.82) is 0 Å². The molecule has 0 saturated carbocycles. The first-order chi connectivity index (χ1) is 5.34. The Bertz CT molecular complexity index is 251. The number of allylic oxidation sites excluding steroid dienone is 2. The van der Waals surface area contributed by atoms with Gasteiger partial charge in [0.05, 0.1) is 0 Å². The Labute approximate surface area is 67.0 Å². The first-order valence-corrected chi connectivity index (χ1v) is 3.72. The first kappa shape index (κ1) is 7.86. The van der Waals surface area contributed by atoms with Gasteiger partial charge in [0, 0.05) is 0 Å². The fraction of sp³-hybridized carbons (Fsp3) is 0.200. The van der Waals surface area contributed by atoms with E-state index in [0.717, 1.165) is 12.0 Å². The van der Waals surface area contributed by atoms with E-state index in [2.05, 4.69) is 0 Å². The molecule has 0 atom stereocenters. The SMILES string of the molecule is CC=CCc1ccccc1O. The summed E-state index contributed by atoms with van der Waals surface area (Å²) in [6.45, 7) is 1.97. The lowest BCUT2D eigenvalue weighted by Gasteiger charge is -1.98. The standard InChI is InChI=1S/C10H12O/c1-2-3-6-9-7-4-5-8-10(9)11/h2-5,7-8,11H,6H2,1H3. The lowest BCUT2D eigenvalue weighted by Crippen LogP contribution is -1.80. The number of hydrogen-bond acceptors (Lipinski definition) is 1. The minimum atomic E-state index is 0.380. The van der Waals surface area contributed by atoms with Crippen molar-refractivity contribution in [2.45, 2.75) is 13.3 Å². The molecule has 11 heavy (non-hydrogen) atoms. The minimum Gasteiger partial charge on any atom is -0.508 e. The molecule has 0 heterocycles. The molecule has 0 saturated heterocycles. The Hall–Kier alpha value is -1.24. The number of benzene rings is 1. The van der Waals surface area contributed by atoms with Crippen LogP contribution >= 0.6 is 0 Å². The molecule has 1 rings (SSSR count).